The van der Waals surface area contributed by atoms with Crippen LogP contribution < -0.4 is 10.0 Å². The standard InChI is InChI=1S/C13H18N4O2S/c1-9-6-12(4-5-13(9)17-20(3,18)19)14-7-11-8-15-16-10(11)2/h4-6,8,14,17H,7H2,1-3H3,(H,15,16). The van der Waals surface area contributed by atoms with E-state index in [4.69, 9.17) is 0 Å². The van der Waals surface area contributed by atoms with Crippen molar-refractivity contribution >= 4 is 21.4 Å². The molecule has 0 aliphatic carbocycles. The number of aromatic nitrogens is 2. The zero-order chi connectivity index (χ0) is 14.8. The van der Waals surface area contributed by atoms with Crippen LogP contribution in [0.5, 0.6) is 0 Å². The summed E-state index contributed by atoms with van der Waals surface area (Å²) in [5.41, 5.74) is 4.52. The molecule has 0 atom stereocenters. The van der Waals surface area contributed by atoms with Gasteiger partial charge in [0.05, 0.1) is 18.1 Å². The molecular weight excluding hydrogens is 276 g/mol. The third-order valence-electron chi connectivity index (χ3n) is 2.94. The smallest absolute Gasteiger partial charge is 0.229 e. The number of nitrogens with one attached hydrogen (secondary N) is 3. The third kappa shape index (κ3) is 3.74. The Kier molecular flexibility index (Phi) is 3.99. The second-order valence-corrected chi connectivity index (χ2v) is 6.53. The molecule has 1 heterocycles. The average Bonchev–Trinajstić information content (AvgIpc) is 2.74. The molecule has 0 spiro atoms. The molecule has 3 N–H and O–H groups in total. The Balaban J connectivity index is 2.07. The molecule has 0 aliphatic heterocycles. The van der Waals surface area contributed by atoms with E-state index in [1.807, 2.05) is 26.0 Å². The Bertz CT molecular complexity index is 707. The summed E-state index contributed by atoms with van der Waals surface area (Å²) < 4.78 is 24.9. The monoisotopic (exact) mass is 294 g/mol. The van der Waals surface area contributed by atoms with Crippen molar-refractivity contribution in [1.82, 2.24) is 10.2 Å². The van der Waals surface area contributed by atoms with Crippen LogP contribution in [0, 0.1) is 13.8 Å². The first kappa shape index (κ1) is 14.4. The second-order valence-electron chi connectivity index (χ2n) is 4.78. The quantitative estimate of drug-likeness (QED) is 0.787. The second kappa shape index (κ2) is 5.54. The van der Waals surface area contributed by atoms with E-state index < -0.39 is 10.0 Å². The molecule has 0 bridgehead atoms. The first-order valence-corrected chi connectivity index (χ1v) is 8.05. The molecule has 6 nitrogen and oxygen atoms in total. The van der Waals surface area contributed by atoms with E-state index in [-0.39, 0.29) is 0 Å². The molecule has 0 saturated carbocycles. The Morgan fingerprint density at radius 1 is 1.30 bits per heavy atom. The first-order chi connectivity index (χ1) is 9.35. The number of H-pyrrole nitrogens is 1. The van der Waals surface area contributed by atoms with Crippen LogP contribution in [-0.2, 0) is 16.6 Å². The molecule has 0 radical (unpaired) electrons. The van der Waals surface area contributed by atoms with E-state index >= 15 is 0 Å². The number of hydrogen-bond acceptors (Lipinski definition) is 4. The van der Waals surface area contributed by atoms with Gasteiger partial charge in [0.15, 0.2) is 0 Å². The van der Waals surface area contributed by atoms with E-state index in [1.165, 1.54) is 0 Å². The van der Waals surface area contributed by atoms with Crippen LogP contribution in [0.15, 0.2) is 24.4 Å². The molecule has 1 aromatic heterocycles. The minimum atomic E-state index is -3.25. The van der Waals surface area contributed by atoms with Crippen LogP contribution in [0.4, 0.5) is 11.4 Å². The van der Waals surface area contributed by atoms with Gasteiger partial charge >= 0.3 is 0 Å². The predicted octanol–water partition coefficient (Wildman–Crippen LogP) is 2.01. The summed E-state index contributed by atoms with van der Waals surface area (Å²) in [6, 6.07) is 5.50. The molecule has 1 aromatic carbocycles. The highest BCUT2D eigenvalue weighted by Gasteiger charge is 2.06. The van der Waals surface area contributed by atoms with E-state index in [0.29, 0.717) is 12.2 Å². The van der Waals surface area contributed by atoms with Gasteiger partial charge in [-0.15, -0.1) is 0 Å². The molecule has 0 amide bonds. The van der Waals surface area contributed by atoms with Gasteiger partial charge in [-0.05, 0) is 37.6 Å². The topological polar surface area (TPSA) is 86.9 Å². The zero-order valence-electron chi connectivity index (χ0n) is 11.7. The van der Waals surface area contributed by atoms with Crippen LogP contribution in [0.25, 0.3) is 0 Å². The molecule has 20 heavy (non-hydrogen) atoms. The van der Waals surface area contributed by atoms with Crippen molar-refractivity contribution in [3.05, 3.63) is 41.2 Å². The van der Waals surface area contributed by atoms with Gasteiger partial charge in [0, 0.05) is 23.5 Å². The van der Waals surface area contributed by atoms with Crippen LogP contribution in [0.3, 0.4) is 0 Å². The number of aromatic amines is 1. The van der Waals surface area contributed by atoms with Crippen molar-refractivity contribution in [2.45, 2.75) is 20.4 Å². The summed E-state index contributed by atoms with van der Waals surface area (Å²) in [6.07, 6.45) is 2.93. The van der Waals surface area contributed by atoms with Gasteiger partial charge < -0.3 is 5.32 Å². The van der Waals surface area contributed by atoms with Crippen molar-refractivity contribution in [2.75, 3.05) is 16.3 Å². The van der Waals surface area contributed by atoms with Crippen molar-refractivity contribution in [3.8, 4) is 0 Å². The zero-order valence-corrected chi connectivity index (χ0v) is 12.5. The fourth-order valence-corrected chi connectivity index (χ4v) is 2.47. The van der Waals surface area contributed by atoms with E-state index in [0.717, 1.165) is 28.8 Å². The van der Waals surface area contributed by atoms with Crippen molar-refractivity contribution in [2.24, 2.45) is 0 Å². The van der Waals surface area contributed by atoms with Gasteiger partial charge in [-0.2, -0.15) is 5.10 Å². The summed E-state index contributed by atoms with van der Waals surface area (Å²) in [5, 5.41) is 10.1. The van der Waals surface area contributed by atoms with Gasteiger partial charge in [-0.1, -0.05) is 0 Å². The van der Waals surface area contributed by atoms with Gasteiger partial charge in [0.25, 0.3) is 0 Å². The lowest BCUT2D eigenvalue weighted by atomic mass is 10.2. The lowest BCUT2D eigenvalue weighted by molar-refractivity contribution is 0.607. The van der Waals surface area contributed by atoms with Gasteiger partial charge in [-0.25, -0.2) is 8.42 Å². The fourth-order valence-electron chi connectivity index (χ4n) is 1.84. The van der Waals surface area contributed by atoms with Gasteiger partial charge in [-0.3, -0.25) is 9.82 Å². The van der Waals surface area contributed by atoms with Crippen LogP contribution >= 0.6 is 0 Å². The minimum Gasteiger partial charge on any atom is -0.381 e. The van der Waals surface area contributed by atoms with Gasteiger partial charge in [0.1, 0.15) is 0 Å². The summed E-state index contributed by atoms with van der Waals surface area (Å²) in [4.78, 5) is 0. The Labute approximate surface area is 118 Å². The number of rotatable bonds is 5. The van der Waals surface area contributed by atoms with E-state index in [9.17, 15) is 8.42 Å². The van der Waals surface area contributed by atoms with E-state index in [2.05, 4.69) is 20.2 Å². The molecule has 108 valence electrons. The normalized spacial score (nSPS) is 11.3. The largest absolute Gasteiger partial charge is 0.381 e. The Morgan fingerprint density at radius 2 is 2.05 bits per heavy atom. The molecule has 0 saturated heterocycles. The maximum absolute atomic E-state index is 11.2. The Morgan fingerprint density at radius 3 is 2.60 bits per heavy atom. The molecular formula is C13H18N4O2S. The predicted molar refractivity (Wildman–Crippen MR) is 80.3 cm³/mol. The first-order valence-electron chi connectivity index (χ1n) is 6.16. The molecule has 0 fully saturated rings. The maximum atomic E-state index is 11.2. The molecule has 7 heteroatoms. The van der Waals surface area contributed by atoms with Crippen molar-refractivity contribution in [3.63, 3.8) is 0 Å². The van der Waals surface area contributed by atoms with E-state index in [1.54, 1.807) is 12.3 Å². The summed E-state index contributed by atoms with van der Waals surface area (Å²) in [5.74, 6) is 0. The maximum Gasteiger partial charge on any atom is 0.229 e. The number of benzene rings is 1. The highest BCUT2D eigenvalue weighted by atomic mass is 32.2. The molecule has 2 rings (SSSR count). The Hall–Kier alpha value is -2.02. The van der Waals surface area contributed by atoms with Crippen LogP contribution in [-0.4, -0.2) is 24.9 Å². The number of hydrogen-bond donors (Lipinski definition) is 3. The molecule has 0 aliphatic rings. The van der Waals surface area contributed by atoms with Crippen LogP contribution in [0.2, 0.25) is 0 Å². The summed E-state index contributed by atoms with van der Waals surface area (Å²) >= 11 is 0. The minimum absolute atomic E-state index is 0.595. The lowest BCUT2D eigenvalue weighted by Gasteiger charge is -2.11. The van der Waals surface area contributed by atoms with Crippen molar-refractivity contribution in [1.29, 1.82) is 0 Å². The fraction of sp³-hybridized carbons (Fsp3) is 0.308. The SMILES string of the molecule is Cc1cc(NCc2cn[nH]c2C)ccc1NS(C)(=O)=O. The highest BCUT2D eigenvalue weighted by Crippen LogP contribution is 2.21. The molecule has 0 unspecified atom stereocenters. The van der Waals surface area contributed by atoms with Gasteiger partial charge in [0.2, 0.25) is 10.0 Å². The number of aryl methyl sites for hydroxylation is 2. The lowest BCUT2D eigenvalue weighted by Crippen LogP contribution is -2.10. The number of anilines is 2. The third-order valence-corrected chi connectivity index (χ3v) is 3.53. The van der Waals surface area contributed by atoms with Crippen LogP contribution in [0.1, 0.15) is 16.8 Å². The summed E-state index contributed by atoms with van der Waals surface area (Å²) in [6.45, 7) is 4.50. The summed E-state index contributed by atoms with van der Waals surface area (Å²) in [7, 11) is -3.25. The number of sulfonamides is 1. The molecule has 2 aromatic rings. The van der Waals surface area contributed by atoms with Crippen molar-refractivity contribution < 1.29 is 8.42 Å². The number of nitrogens with zero attached hydrogens (tertiary/aromatic N) is 1. The average molecular weight is 294 g/mol. The highest BCUT2D eigenvalue weighted by molar-refractivity contribution is 7.92.